The molecule has 0 spiro atoms. The van der Waals surface area contributed by atoms with Crippen molar-refractivity contribution in [1.29, 1.82) is 0 Å². The average molecular weight is 288 g/mol. The molecule has 0 aliphatic carbocycles. The van der Waals surface area contributed by atoms with Gasteiger partial charge in [-0.1, -0.05) is 20.8 Å². The van der Waals surface area contributed by atoms with Gasteiger partial charge in [0.1, 0.15) is 0 Å². The molecular formula is C14H28N2O2S. The van der Waals surface area contributed by atoms with Gasteiger partial charge in [-0.25, -0.2) is 8.42 Å². The minimum atomic E-state index is -2.83. The summed E-state index contributed by atoms with van der Waals surface area (Å²) in [6.07, 6.45) is 1.87. The summed E-state index contributed by atoms with van der Waals surface area (Å²) >= 11 is 0. The Hall–Kier alpha value is -0.130. The van der Waals surface area contributed by atoms with Crippen molar-refractivity contribution in [2.45, 2.75) is 58.2 Å². The van der Waals surface area contributed by atoms with E-state index in [1.165, 1.54) is 0 Å². The summed E-state index contributed by atoms with van der Waals surface area (Å²) in [4.78, 5) is 2.48. The molecule has 0 amide bonds. The quantitative estimate of drug-likeness (QED) is 0.850. The zero-order chi connectivity index (χ0) is 14.3. The highest BCUT2D eigenvalue weighted by Gasteiger charge is 2.46. The van der Waals surface area contributed by atoms with Gasteiger partial charge in [0, 0.05) is 30.7 Å². The van der Waals surface area contributed by atoms with E-state index >= 15 is 0 Å². The number of hydrogen-bond acceptors (Lipinski definition) is 4. The highest BCUT2D eigenvalue weighted by molar-refractivity contribution is 7.91. The van der Waals surface area contributed by atoms with Gasteiger partial charge < -0.3 is 5.32 Å². The number of hydrogen-bond donors (Lipinski definition) is 1. The van der Waals surface area contributed by atoms with Crippen LogP contribution >= 0.6 is 0 Å². The molecule has 2 rings (SSSR count). The third-order valence-corrected chi connectivity index (χ3v) is 6.79. The molecule has 0 radical (unpaired) electrons. The first-order valence-electron chi connectivity index (χ1n) is 7.48. The number of nitrogens with zero attached hydrogens (tertiary/aromatic N) is 1. The molecule has 5 heteroatoms. The average Bonchev–Trinajstić information content (AvgIpc) is 2.63. The van der Waals surface area contributed by atoms with Gasteiger partial charge in [-0.15, -0.1) is 0 Å². The van der Waals surface area contributed by atoms with Crippen LogP contribution in [0.15, 0.2) is 0 Å². The van der Waals surface area contributed by atoms with E-state index in [1.807, 2.05) is 0 Å². The van der Waals surface area contributed by atoms with Gasteiger partial charge in [-0.05, 0) is 25.7 Å². The lowest BCUT2D eigenvalue weighted by molar-refractivity contribution is 0.0242. The molecule has 0 saturated carbocycles. The maximum atomic E-state index is 11.9. The number of sulfone groups is 1. The molecule has 3 atom stereocenters. The smallest absolute Gasteiger partial charge is 0.152 e. The van der Waals surface area contributed by atoms with Crippen molar-refractivity contribution in [3.8, 4) is 0 Å². The lowest BCUT2D eigenvalue weighted by Gasteiger charge is -2.49. The van der Waals surface area contributed by atoms with Gasteiger partial charge in [0.2, 0.25) is 0 Å². The van der Waals surface area contributed by atoms with E-state index in [2.05, 4.69) is 37.9 Å². The lowest BCUT2D eigenvalue weighted by Crippen LogP contribution is -2.64. The van der Waals surface area contributed by atoms with E-state index in [1.54, 1.807) is 0 Å². The molecular weight excluding hydrogens is 260 g/mol. The predicted octanol–water partition coefficient (Wildman–Crippen LogP) is 1.27. The Labute approximate surface area is 117 Å². The van der Waals surface area contributed by atoms with E-state index in [0.29, 0.717) is 29.5 Å². The molecule has 0 aromatic heterocycles. The largest absolute Gasteiger partial charge is 0.311 e. The van der Waals surface area contributed by atoms with Gasteiger partial charge in [0.25, 0.3) is 0 Å². The predicted molar refractivity (Wildman–Crippen MR) is 79.1 cm³/mol. The van der Waals surface area contributed by atoms with E-state index in [4.69, 9.17) is 0 Å². The van der Waals surface area contributed by atoms with Crippen LogP contribution in [0.4, 0.5) is 0 Å². The third-order valence-electron chi connectivity index (χ3n) is 4.90. The van der Waals surface area contributed by atoms with Crippen molar-refractivity contribution < 1.29 is 8.42 Å². The van der Waals surface area contributed by atoms with Crippen LogP contribution in [0, 0.1) is 5.92 Å². The summed E-state index contributed by atoms with van der Waals surface area (Å²) in [7, 11) is -2.83. The maximum Gasteiger partial charge on any atom is 0.152 e. The van der Waals surface area contributed by atoms with Crippen LogP contribution in [0.3, 0.4) is 0 Å². The standard InChI is InChI=1S/C14H28N2O2S/c1-5-12-8-15-13(11(2)3)9-16(12)14(4)6-7-19(17,18)10-14/h11-13,15H,5-10H2,1-4H3. The first-order chi connectivity index (χ1) is 8.77. The van der Waals surface area contributed by atoms with Crippen molar-refractivity contribution in [2.24, 2.45) is 5.92 Å². The molecule has 2 aliphatic rings. The van der Waals surface area contributed by atoms with Gasteiger partial charge in [0.05, 0.1) is 11.5 Å². The van der Waals surface area contributed by atoms with Crippen LogP contribution in [0.2, 0.25) is 0 Å². The van der Waals surface area contributed by atoms with Crippen LogP contribution in [0.25, 0.3) is 0 Å². The fraction of sp³-hybridized carbons (Fsp3) is 1.00. The van der Waals surface area contributed by atoms with Crippen LogP contribution in [-0.2, 0) is 9.84 Å². The first-order valence-corrected chi connectivity index (χ1v) is 9.30. The molecule has 0 aromatic rings. The highest BCUT2D eigenvalue weighted by Crippen LogP contribution is 2.33. The number of rotatable bonds is 3. The molecule has 2 aliphatic heterocycles. The molecule has 2 saturated heterocycles. The fourth-order valence-electron chi connectivity index (χ4n) is 3.52. The van der Waals surface area contributed by atoms with Gasteiger partial charge in [-0.3, -0.25) is 4.90 Å². The Morgan fingerprint density at radius 2 is 2.11 bits per heavy atom. The summed E-state index contributed by atoms with van der Waals surface area (Å²) in [6, 6.07) is 0.941. The van der Waals surface area contributed by atoms with Gasteiger partial charge >= 0.3 is 0 Å². The Bertz CT molecular complexity index is 421. The molecule has 2 heterocycles. The number of nitrogens with one attached hydrogen (secondary N) is 1. The maximum absolute atomic E-state index is 11.9. The van der Waals surface area contributed by atoms with Crippen LogP contribution < -0.4 is 5.32 Å². The zero-order valence-corrected chi connectivity index (χ0v) is 13.5. The Balaban J connectivity index is 2.19. The van der Waals surface area contributed by atoms with E-state index in [-0.39, 0.29) is 5.54 Å². The summed E-state index contributed by atoms with van der Waals surface area (Å²) in [5, 5.41) is 3.62. The molecule has 0 bridgehead atoms. The molecule has 19 heavy (non-hydrogen) atoms. The summed E-state index contributed by atoms with van der Waals surface area (Å²) in [5.41, 5.74) is -0.158. The minimum absolute atomic E-state index is 0.158. The monoisotopic (exact) mass is 288 g/mol. The summed E-state index contributed by atoms with van der Waals surface area (Å²) in [6.45, 7) is 10.8. The fourth-order valence-corrected chi connectivity index (χ4v) is 5.67. The topological polar surface area (TPSA) is 49.4 Å². The van der Waals surface area contributed by atoms with Crippen molar-refractivity contribution in [1.82, 2.24) is 10.2 Å². The van der Waals surface area contributed by atoms with Crippen LogP contribution in [-0.4, -0.2) is 55.5 Å². The van der Waals surface area contributed by atoms with Crippen molar-refractivity contribution >= 4 is 9.84 Å². The Morgan fingerprint density at radius 3 is 2.58 bits per heavy atom. The van der Waals surface area contributed by atoms with Gasteiger partial charge in [-0.2, -0.15) is 0 Å². The van der Waals surface area contributed by atoms with Crippen molar-refractivity contribution in [2.75, 3.05) is 24.6 Å². The second kappa shape index (κ2) is 5.34. The van der Waals surface area contributed by atoms with Crippen molar-refractivity contribution in [3.05, 3.63) is 0 Å². The Morgan fingerprint density at radius 1 is 1.42 bits per heavy atom. The second-order valence-corrected chi connectivity index (χ2v) is 9.00. The van der Waals surface area contributed by atoms with E-state index in [0.717, 1.165) is 25.9 Å². The highest BCUT2D eigenvalue weighted by atomic mass is 32.2. The minimum Gasteiger partial charge on any atom is -0.311 e. The molecule has 0 aromatic carbocycles. The first kappa shape index (κ1) is 15.3. The number of piperazine rings is 1. The van der Waals surface area contributed by atoms with Crippen molar-refractivity contribution in [3.63, 3.8) is 0 Å². The van der Waals surface area contributed by atoms with Gasteiger partial charge in [0.15, 0.2) is 9.84 Å². The van der Waals surface area contributed by atoms with Crippen LogP contribution in [0.5, 0.6) is 0 Å². The Kier molecular flexibility index (Phi) is 4.29. The third kappa shape index (κ3) is 3.14. The molecule has 3 unspecified atom stereocenters. The van der Waals surface area contributed by atoms with E-state index < -0.39 is 9.84 Å². The normalized spacial score (nSPS) is 39.8. The van der Waals surface area contributed by atoms with Crippen LogP contribution in [0.1, 0.15) is 40.5 Å². The summed E-state index contributed by atoms with van der Waals surface area (Å²) < 4.78 is 23.7. The molecule has 4 nitrogen and oxygen atoms in total. The molecule has 1 N–H and O–H groups in total. The zero-order valence-electron chi connectivity index (χ0n) is 12.6. The second-order valence-electron chi connectivity index (χ2n) is 6.81. The lowest BCUT2D eigenvalue weighted by atomic mass is 9.90. The summed E-state index contributed by atoms with van der Waals surface area (Å²) in [5.74, 6) is 1.28. The van der Waals surface area contributed by atoms with E-state index in [9.17, 15) is 8.42 Å². The molecule has 112 valence electrons. The molecule has 2 fully saturated rings. The SMILES string of the molecule is CCC1CNC(C(C)C)CN1C1(C)CCS(=O)(=O)C1.